The van der Waals surface area contributed by atoms with E-state index < -0.39 is 12.2 Å². The van der Waals surface area contributed by atoms with Crippen molar-refractivity contribution < 1.29 is 18.0 Å². The van der Waals surface area contributed by atoms with E-state index in [1.54, 1.807) is 9.58 Å². The fourth-order valence-electron chi connectivity index (χ4n) is 3.89. The quantitative estimate of drug-likeness (QED) is 0.354. The summed E-state index contributed by atoms with van der Waals surface area (Å²) in [5.41, 5.74) is 6.99. The number of thiazole rings is 1. The van der Waals surface area contributed by atoms with Crippen LogP contribution in [0.4, 0.5) is 19.0 Å². The van der Waals surface area contributed by atoms with Gasteiger partial charge in [-0.1, -0.05) is 12.5 Å². The number of benzene rings is 1. The summed E-state index contributed by atoms with van der Waals surface area (Å²) in [5.74, 6) is 4.86. The van der Waals surface area contributed by atoms with Crippen molar-refractivity contribution in [1.82, 2.24) is 29.6 Å². The van der Waals surface area contributed by atoms with Crippen molar-refractivity contribution in [2.24, 2.45) is 0 Å². The lowest BCUT2D eigenvalue weighted by Gasteiger charge is -2.14. The minimum atomic E-state index is -2.73. The van der Waals surface area contributed by atoms with Gasteiger partial charge in [0.25, 0.3) is 6.43 Å². The van der Waals surface area contributed by atoms with Crippen LogP contribution in [0, 0.1) is 17.7 Å². The number of nitrogens with zero attached hydrogens (tertiary/aromatic N) is 6. The number of halogens is 3. The van der Waals surface area contributed by atoms with Crippen molar-refractivity contribution in [3.05, 3.63) is 53.2 Å². The maximum absolute atomic E-state index is 14.6. The van der Waals surface area contributed by atoms with Gasteiger partial charge in [0.1, 0.15) is 23.7 Å². The first kappa shape index (κ1) is 21.8. The Bertz CT molecular complexity index is 1520. The number of anilines is 1. The number of amides is 1. The zero-order valence-corrected chi connectivity index (χ0v) is 18.3. The number of nitrogens with two attached hydrogens (primary N) is 1. The van der Waals surface area contributed by atoms with Gasteiger partial charge in [-0.05, 0) is 30.6 Å². The molecule has 1 aliphatic heterocycles. The number of hydrogen-bond acceptors (Lipinski definition) is 7. The maximum atomic E-state index is 14.6. The molecule has 0 radical (unpaired) electrons. The normalized spacial score (nSPS) is 15.8. The SMILES string of the molecule is C=CC(=O)N1CC[C@H](n2nc(C#Cc3cc4nc(C(F)F)sc4cc3F)c3c(N)ncnc32)C1. The van der Waals surface area contributed by atoms with Crippen LogP contribution in [0.15, 0.2) is 31.1 Å². The molecule has 34 heavy (non-hydrogen) atoms. The summed E-state index contributed by atoms with van der Waals surface area (Å²) in [6.07, 6.45) is 0.486. The average molecular weight is 483 g/mol. The van der Waals surface area contributed by atoms with Crippen molar-refractivity contribution in [1.29, 1.82) is 0 Å². The van der Waals surface area contributed by atoms with Crippen LogP contribution < -0.4 is 5.73 Å². The van der Waals surface area contributed by atoms with Crippen LogP contribution in [0.5, 0.6) is 0 Å². The Morgan fingerprint density at radius 2 is 2.15 bits per heavy atom. The molecule has 1 saturated heterocycles. The van der Waals surface area contributed by atoms with Crippen LogP contribution in [-0.2, 0) is 4.79 Å². The van der Waals surface area contributed by atoms with Gasteiger partial charge in [0.05, 0.1) is 27.2 Å². The molecule has 4 heterocycles. The van der Waals surface area contributed by atoms with E-state index in [1.165, 1.54) is 18.5 Å². The molecule has 8 nitrogen and oxygen atoms in total. The molecule has 0 unspecified atom stereocenters. The molecule has 1 aromatic carbocycles. The smallest absolute Gasteiger partial charge is 0.289 e. The first-order valence-electron chi connectivity index (χ1n) is 10.2. The number of aromatic nitrogens is 5. The van der Waals surface area contributed by atoms with E-state index in [-0.39, 0.29) is 39.5 Å². The van der Waals surface area contributed by atoms with Crippen LogP contribution in [0.3, 0.4) is 0 Å². The standard InChI is InChI=1S/C22H16F3N7OS/c1-2-17(33)31-6-5-12(9-31)32-21-18(20(26)27-10-28-21)14(30-32)4-3-11-7-15-16(8-13(11)23)34-22(29-15)19(24)25/h2,7-8,10,12,19H,1,5-6,9H2,(H2,26,27,28)/t12-/m0/s1. The molecule has 0 bridgehead atoms. The minimum absolute atomic E-state index is 0.0136. The van der Waals surface area contributed by atoms with Gasteiger partial charge in [0, 0.05) is 13.1 Å². The van der Waals surface area contributed by atoms with Crippen molar-refractivity contribution in [2.75, 3.05) is 18.8 Å². The Hall–Kier alpha value is -3.98. The van der Waals surface area contributed by atoms with Gasteiger partial charge >= 0.3 is 0 Å². The zero-order valence-electron chi connectivity index (χ0n) is 17.5. The van der Waals surface area contributed by atoms with E-state index in [2.05, 4.69) is 38.5 Å². The third-order valence-electron chi connectivity index (χ3n) is 5.51. The van der Waals surface area contributed by atoms with Crippen molar-refractivity contribution >= 4 is 44.3 Å². The highest BCUT2D eigenvalue weighted by Gasteiger charge is 2.29. The van der Waals surface area contributed by atoms with E-state index in [1.807, 2.05) is 0 Å². The molecule has 172 valence electrons. The summed E-state index contributed by atoms with van der Waals surface area (Å²) >= 11 is 0.736. The molecule has 1 aliphatic rings. The highest BCUT2D eigenvalue weighted by atomic mass is 32.1. The minimum Gasteiger partial charge on any atom is -0.383 e. The first-order valence-corrected chi connectivity index (χ1v) is 11.0. The van der Waals surface area contributed by atoms with E-state index in [9.17, 15) is 18.0 Å². The number of fused-ring (bicyclic) bond motifs is 2. The molecular formula is C22H16F3N7OS. The molecule has 12 heteroatoms. The van der Waals surface area contributed by atoms with E-state index in [0.717, 1.165) is 17.4 Å². The Kier molecular flexibility index (Phi) is 5.41. The van der Waals surface area contributed by atoms with Crippen LogP contribution in [0.2, 0.25) is 0 Å². The van der Waals surface area contributed by atoms with Gasteiger partial charge < -0.3 is 10.6 Å². The lowest BCUT2D eigenvalue weighted by atomic mass is 10.2. The summed E-state index contributed by atoms with van der Waals surface area (Å²) in [6.45, 7) is 4.47. The van der Waals surface area contributed by atoms with Gasteiger partial charge in [-0.3, -0.25) is 4.79 Å². The molecule has 4 aromatic rings. The molecule has 3 aromatic heterocycles. The number of carbonyl (C=O) groups is 1. The van der Waals surface area contributed by atoms with Gasteiger partial charge in [-0.25, -0.2) is 32.8 Å². The van der Waals surface area contributed by atoms with Crippen LogP contribution in [0.25, 0.3) is 21.3 Å². The number of rotatable bonds is 3. The van der Waals surface area contributed by atoms with Crippen LogP contribution in [0.1, 0.15) is 35.2 Å². The van der Waals surface area contributed by atoms with Gasteiger partial charge in [-0.15, -0.1) is 11.3 Å². The van der Waals surface area contributed by atoms with E-state index >= 15 is 0 Å². The van der Waals surface area contributed by atoms with Crippen molar-refractivity contribution in [2.45, 2.75) is 18.9 Å². The lowest BCUT2D eigenvalue weighted by molar-refractivity contribution is -0.125. The van der Waals surface area contributed by atoms with Crippen LogP contribution >= 0.6 is 11.3 Å². The predicted octanol–water partition coefficient (Wildman–Crippen LogP) is 3.45. The molecular weight excluding hydrogens is 467 g/mol. The monoisotopic (exact) mass is 483 g/mol. The van der Waals surface area contributed by atoms with Crippen LogP contribution in [-0.4, -0.2) is 48.6 Å². The molecule has 5 rings (SSSR count). The zero-order chi connectivity index (χ0) is 24.0. The number of nitrogen functional groups attached to an aromatic ring is 1. The third kappa shape index (κ3) is 3.73. The second kappa shape index (κ2) is 8.42. The summed E-state index contributed by atoms with van der Waals surface area (Å²) in [6, 6.07) is 2.31. The highest BCUT2D eigenvalue weighted by Crippen LogP contribution is 2.31. The molecule has 0 spiro atoms. The van der Waals surface area contributed by atoms with Crippen molar-refractivity contribution in [3.8, 4) is 11.8 Å². The van der Waals surface area contributed by atoms with E-state index in [4.69, 9.17) is 5.73 Å². The number of carbonyl (C=O) groups excluding carboxylic acids is 1. The van der Waals surface area contributed by atoms with E-state index in [0.29, 0.717) is 35.2 Å². The molecule has 1 fully saturated rings. The summed E-state index contributed by atoms with van der Waals surface area (Å²) in [4.78, 5) is 25.8. The first-order chi connectivity index (χ1) is 16.4. The highest BCUT2D eigenvalue weighted by molar-refractivity contribution is 7.18. The second-order valence-corrected chi connectivity index (χ2v) is 8.65. The summed E-state index contributed by atoms with van der Waals surface area (Å²) in [7, 11) is 0. The van der Waals surface area contributed by atoms with Gasteiger partial charge in [0.15, 0.2) is 10.7 Å². The topological polar surface area (TPSA) is 103 Å². The van der Waals surface area contributed by atoms with Gasteiger partial charge in [0.2, 0.25) is 5.91 Å². The Morgan fingerprint density at radius 1 is 1.32 bits per heavy atom. The number of alkyl halides is 2. The molecule has 2 N–H and O–H groups in total. The van der Waals surface area contributed by atoms with Crippen molar-refractivity contribution in [3.63, 3.8) is 0 Å². The lowest BCUT2D eigenvalue weighted by Crippen LogP contribution is -2.27. The molecule has 1 amide bonds. The Balaban J connectivity index is 1.55. The number of likely N-dealkylation sites (tertiary alicyclic amines) is 1. The molecule has 1 atom stereocenters. The average Bonchev–Trinajstić information content (AvgIpc) is 3.54. The summed E-state index contributed by atoms with van der Waals surface area (Å²) in [5, 5.41) is 4.58. The predicted molar refractivity (Wildman–Crippen MR) is 121 cm³/mol. The largest absolute Gasteiger partial charge is 0.383 e. The van der Waals surface area contributed by atoms with Gasteiger partial charge in [-0.2, -0.15) is 5.10 Å². The number of hydrogen-bond donors (Lipinski definition) is 1. The maximum Gasteiger partial charge on any atom is 0.289 e. The fourth-order valence-corrected chi connectivity index (χ4v) is 4.72. The Morgan fingerprint density at radius 3 is 2.91 bits per heavy atom. The second-order valence-electron chi connectivity index (χ2n) is 7.58. The fraction of sp³-hybridized carbons (Fsp3) is 0.227. The summed E-state index contributed by atoms with van der Waals surface area (Å²) < 4.78 is 42.5. The molecule has 0 aliphatic carbocycles. The third-order valence-corrected chi connectivity index (χ3v) is 6.54. The Labute approximate surface area is 194 Å². The molecule has 0 saturated carbocycles.